The number of aryl methyl sites for hydroxylation is 1. The van der Waals surface area contributed by atoms with Crippen LogP contribution < -0.4 is 5.73 Å². The number of hydrogen-bond donors (Lipinski definition) is 1. The Hall–Kier alpha value is -1.61. The largest absolute Gasteiger partial charge is 0.398 e. The minimum absolute atomic E-state index is 0.532. The number of hydrogen-bond acceptors (Lipinski definition) is 2. The zero-order chi connectivity index (χ0) is 13.1. The van der Waals surface area contributed by atoms with Crippen LogP contribution in [0.1, 0.15) is 16.7 Å². The van der Waals surface area contributed by atoms with Crippen LogP contribution in [-0.4, -0.2) is 4.21 Å². The second-order valence-corrected chi connectivity index (χ2v) is 5.87. The van der Waals surface area contributed by atoms with Crippen molar-refractivity contribution in [2.45, 2.75) is 24.5 Å². The molecule has 0 amide bonds. The Morgan fingerprint density at radius 3 is 2.39 bits per heavy atom. The molecule has 0 spiro atoms. The molecule has 0 saturated carbocycles. The molecule has 1 atom stereocenters. The average Bonchev–Trinajstić information content (AvgIpc) is 2.35. The molecular formula is C15H17NOS. The topological polar surface area (TPSA) is 43.1 Å². The van der Waals surface area contributed by atoms with E-state index in [1.54, 1.807) is 0 Å². The number of rotatable bonds is 3. The minimum atomic E-state index is -1.04. The van der Waals surface area contributed by atoms with Gasteiger partial charge in [0.15, 0.2) is 0 Å². The third kappa shape index (κ3) is 2.79. The van der Waals surface area contributed by atoms with Gasteiger partial charge < -0.3 is 5.73 Å². The van der Waals surface area contributed by atoms with Crippen molar-refractivity contribution in [3.8, 4) is 0 Å². The second kappa shape index (κ2) is 5.36. The van der Waals surface area contributed by atoms with E-state index in [9.17, 15) is 4.21 Å². The first-order chi connectivity index (χ1) is 8.58. The Morgan fingerprint density at radius 2 is 1.72 bits per heavy atom. The van der Waals surface area contributed by atoms with Gasteiger partial charge >= 0.3 is 0 Å². The number of nitrogen functional groups attached to an aromatic ring is 1. The highest BCUT2D eigenvalue weighted by atomic mass is 32.2. The third-order valence-corrected chi connectivity index (χ3v) is 4.52. The van der Waals surface area contributed by atoms with E-state index < -0.39 is 10.8 Å². The maximum Gasteiger partial charge on any atom is 0.0577 e. The summed E-state index contributed by atoms with van der Waals surface area (Å²) in [6.07, 6.45) is 0. The summed E-state index contributed by atoms with van der Waals surface area (Å²) in [4.78, 5) is 0.829. The van der Waals surface area contributed by atoms with Crippen LogP contribution in [0, 0.1) is 13.8 Å². The van der Waals surface area contributed by atoms with Crippen LogP contribution in [-0.2, 0) is 16.6 Å². The van der Waals surface area contributed by atoms with Crippen LogP contribution in [0.2, 0.25) is 0 Å². The molecule has 2 nitrogen and oxygen atoms in total. The van der Waals surface area contributed by atoms with Crippen LogP contribution in [0.25, 0.3) is 0 Å². The molecule has 3 heteroatoms. The average molecular weight is 259 g/mol. The summed E-state index contributed by atoms with van der Waals surface area (Å²) in [5.41, 5.74) is 9.75. The minimum Gasteiger partial charge on any atom is -0.398 e. The molecule has 0 radical (unpaired) electrons. The van der Waals surface area contributed by atoms with Crippen molar-refractivity contribution in [3.63, 3.8) is 0 Å². The van der Waals surface area contributed by atoms with Gasteiger partial charge in [0.05, 0.1) is 16.6 Å². The molecule has 2 aromatic carbocycles. The van der Waals surface area contributed by atoms with Gasteiger partial charge in [0.2, 0.25) is 0 Å². The summed E-state index contributed by atoms with van der Waals surface area (Å²) >= 11 is 0. The van der Waals surface area contributed by atoms with E-state index in [1.807, 2.05) is 56.3 Å². The van der Waals surface area contributed by atoms with Gasteiger partial charge in [-0.1, -0.05) is 35.9 Å². The fraction of sp³-hybridized carbons (Fsp3) is 0.200. The highest BCUT2D eigenvalue weighted by molar-refractivity contribution is 7.84. The summed E-state index contributed by atoms with van der Waals surface area (Å²) in [7, 11) is -1.04. The monoisotopic (exact) mass is 259 g/mol. The van der Waals surface area contributed by atoms with Crippen LogP contribution in [0.5, 0.6) is 0 Å². The number of nitrogens with two attached hydrogens (primary N) is 1. The van der Waals surface area contributed by atoms with Gasteiger partial charge in [-0.3, -0.25) is 4.21 Å². The van der Waals surface area contributed by atoms with Crippen molar-refractivity contribution in [1.29, 1.82) is 0 Å². The Morgan fingerprint density at radius 1 is 1.06 bits per heavy atom. The molecule has 94 valence electrons. The highest BCUT2D eigenvalue weighted by Gasteiger charge is 2.09. The number of benzene rings is 2. The van der Waals surface area contributed by atoms with Crippen LogP contribution in [0.15, 0.2) is 47.4 Å². The molecule has 0 fully saturated rings. The Balaban J connectivity index is 2.22. The molecule has 0 bridgehead atoms. The maximum absolute atomic E-state index is 12.3. The smallest absolute Gasteiger partial charge is 0.0577 e. The van der Waals surface area contributed by atoms with Gasteiger partial charge in [-0.2, -0.15) is 0 Å². The molecule has 0 saturated heterocycles. The van der Waals surface area contributed by atoms with Crippen molar-refractivity contribution in [1.82, 2.24) is 0 Å². The van der Waals surface area contributed by atoms with Crippen molar-refractivity contribution < 1.29 is 4.21 Å². The van der Waals surface area contributed by atoms with Gasteiger partial charge in [0.25, 0.3) is 0 Å². The predicted molar refractivity (Wildman–Crippen MR) is 76.9 cm³/mol. The van der Waals surface area contributed by atoms with Gasteiger partial charge in [-0.15, -0.1) is 0 Å². The SMILES string of the molecule is Cc1ccc(CS(=O)c2cccc(N)c2C)cc1. The number of anilines is 1. The lowest BCUT2D eigenvalue weighted by molar-refractivity contribution is 0.682. The fourth-order valence-electron chi connectivity index (χ4n) is 1.79. The Labute approximate surface area is 110 Å². The van der Waals surface area contributed by atoms with Crippen molar-refractivity contribution in [2.24, 2.45) is 0 Å². The van der Waals surface area contributed by atoms with Crippen molar-refractivity contribution >= 4 is 16.5 Å². The zero-order valence-electron chi connectivity index (χ0n) is 10.6. The van der Waals surface area contributed by atoms with Crippen molar-refractivity contribution in [3.05, 3.63) is 59.2 Å². The molecule has 2 N–H and O–H groups in total. The standard InChI is InChI=1S/C15H17NOS/c1-11-6-8-13(9-7-11)10-18(17)15-5-3-4-14(16)12(15)2/h3-9H,10,16H2,1-2H3. The molecule has 1 unspecified atom stereocenters. The Kier molecular flexibility index (Phi) is 3.82. The van der Waals surface area contributed by atoms with E-state index in [-0.39, 0.29) is 0 Å². The van der Waals surface area contributed by atoms with Crippen molar-refractivity contribution in [2.75, 3.05) is 5.73 Å². The molecule has 2 rings (SSSR count). The van der Waals surface area contributed by atoms with Gasteiger partial charge in [-0.05, 0) is 37.1 Å². The lowest BCUT2D eigenvalue weighted by Crippen LogP contribution is -2.01. The summed E-state index contributed by atoms with van der Waals surface area (Å²) in [6.45, 7) is 3.96. The summed E-state index contributed by atoms with van der Waals surface area (Å²) in [5, 5.41) is 0. The normalized spacial score (nSPS) is 12.3. The molecular weight excluding hydrogens is 242 g/mol. The molecule has 0 heterocycles. The molecule has 0 aliphatic rings. The third-order valence-electron chi connectivity index (χ3n) is 2.99. The highest BCUT2D eigenvalue weighted by Crippen LogP contribution is 2.21. The molecule has 18 heavy (non-hydrogen) atoms. The van der Waals surface area contributed by atoms with Gasteiger partial charge in [0, 0.05) is 10.6 Å². The quantitative estimate of drug-likeness (QED) is 0.860. The second-order valence-electron chi connectivity index (χ2n) is 4.45. The zero-order valence-corrected chi connectivity index (χ0v) is 11.5. The summed E-state index contributed by atoms with van der Waals surface area (Å²) in [5.74, 6) is 0.532. The van der Waals surface area contributed by atoms with E-state index in [2.05, 4.69) is 0 Å². The van der Waals surface area contributed by atoms with Crippen LogP contribution >= 0.6 is 0 Å². The van der Waals surface area contributed by atoms with Crippen LogP contribution in [0.3, 0.4) is 0 Å². The summed E-state index contributed by atoms with van der Waals surface area (Å²) < 4.78 is 12.3. The van der Waals surface area contributed by atoms with Gasteiger partial charge in [-0.25, -0.2) is 0 Å². The molecule has 0 aromatic heterocycles. The lowest BCUT2D eigenvalue weighted by atomic mass is 10.2. The Bertz CT molecular complexity index is 576. The summed E-state index contributed by atoms with van der Waals surface area (Å²) in [6, 6.07) is 13.7. The maximum atomic E-state index is 12.3. The lowest BCUT2D eigenvalue weighted by Gasteiger charge is -2.08. The molecule has 2 aromatic rings. The van der Waals surface area contributed by atoms with E-state index in [4.69, 9.17) is 5.73 Å². The fourth-order valence-corrected chi connectivity index (χ4v) is 3.13. The van der Waals surface area contributed by atoms with E-state index >= 15 is 0 Å². The van der Waals surface area contributed by atoms with E-state index in [0.29, 0.717) is 11.4 Å². The molecule has 0 aliphatic carbocycles. The first kappa shape index (κ1) is 12.8. The van der Waals surface area contributed by atoms with Crippen LogP contribution in [0.4, 0.5) is 5.69 Å². The predicted octanol–water partition coefficient (Wildman–Crippen LogP) is 3.19. The van der Waals surface area contributed by atoms with E-state index in [0.717, 1.165) is 16.0 Å². The van der Waals surface area contributed by atoms with E-state index in [1.165, 1.54) is 5.56 Å². The first-order valence-electron chi connectivity index (χ1n) is 5.87. The van der Waals surface area contributed by atoms with Gasteiger partial charge in [0.1, 0.15) is 0 Å². The first-order valence-corrected chi connectivity index (χ1v) is 7.19. The molecule has 0 aliphatic heterocycles.